The Balaban J connectivity index is 1.72. The van der Waals surface area contributed by atoms with Gasteiger partial charge in [-0.15, -0.1) is 0 Å². The van der Waals surface area contributed by atoms with E-state index in [0.717, 1.165) is 30.5 Å². The molecule has 0 atom stereocenters. The molecule has 0 saturated heterocycles. The van der Waals surface area contributed by atoms with Crippen LogP contribution in [-0.2, 0) is 6.42 Å². The molecule has 0 aliphatic rings. The molecule has 2 rings (SSSR count). The lowest BCUT2D eigenvalue weighted by Gasteiger charge is -2.11. The van der Waals surface area contributed by atoms with E-state index in [9.17, 15) is 13.2 Å². The summed E-state index contributed by atoms with van der Waals surface area (Å²) in [4.78, 5) is 0. The van der Waals surface area contributed by atoms with Gasteiger partial charge in [-0.1, -0.05) is 12.1 Å². The average Bonchev–Trinajstić information content (AvgIpc) is 2.48. The molecule has 0 bridgehead atoms. The molecule has 22 heavy (non-hydrogen) atoms. The van der Waals surface area contributed by atoms with Gasteiger partial charge in [0.25, 0.3) is 0 Å². The van der Waals surface area contributed by atoms with Crippen molar-refractivity contribution in [2.24, 2.45) is 0 Å². The molecule has 0 saturated carbocycles. The fraction of sp³-hybridized carbons (Fsp3) is 0.188. The Labute approximate surface area is 132 Å². The Morgan fingerprint density at radius 3 is 2.32 bits per heavy atom. The fourth-order valence-corrected chi connectivity index (χ4v) is 2.11. The van der Waals surface area contributed by atoms with Crippen LogP contribution in [0.3, 0.4) is 0 Å². The molecular formula is C16H15F3N2S. The minimum Gasteiger partial charge on any atom is -0.362 e. The van der Waals surface area contributed by atoms with Crippen molar-refractivity contribution in [2.45, 2.75) is 12.8 Å². The number of hydrogen-bond acceptors (Lipinski definition) is 1. The number of anilines is 1. The van der Waals surface area contributed by atoms with Crippen LogP contribution in [0.25, 0.3) is 0 Å². The van der Waals surface area contributed by atoms with E-state index in [0.29, 0.717) is 6.54 Å². The summed E-state index contributed by atoms with van der Waals surface area (Å²) in [6, 6.07) is 9.55. The zero-order valence-corrected chi connectivity index (χ0v) is 12.5. The third-order valence-electron chi connectivity index (χ3n) is 3.02. The van der Waals surface area contributed by atoms with Gasteiger partial charge in [0, 0.05) is 12.6 Å². The number of nitrogens with one attached hydrogen (secondary N) is 2. The third kappa shape index (κ3) is 5.04. The van der Waals surface area contributed by atoms with Gasteiger partial charge in [0.15, 0.2) is 5.11 Å². The van der Waals surface area contributed by atoms with Crippen molar-refractivity contribution in [3.05, 3.63) is 65.5 Å². The van der Waals surface area contributed by atoms with Gasteiger partial charge in [-0.3, -0.25) is 0 Å². The number of benzene rings is 2. The van der Waals surface area contributed by atoms with Crippen LogP contribution in [0.5, 0.6) is 0 Å². The largest absolute Gasteiger partial charge is 0.362 e. The molecule has 2 N–H and O–H groups in total. The summed E-state index contributed by atoms with van der Waals surface area (Å²) < 4.78 is 39.0. The Hall–Kier alpha value is -2.08. The molecular weight excluding hydrogens is 309 g/mol. The summed E-state index contributed by atoms with van der Waals surface area (Å²) in [5.41, 5.74) is 1.16. The molecule has 0 fully saturated rings. The van der Waals surface area contributed by atoms with Gasteiger partial charge in [-0.05, 0) is 54.9 Å². The summed E-state index contributed by atoms with van der Waals surface area (Å²) >= 11 is 5.04. The fourth-order valence-electron chi connectivity index (χ4n) is 1.90. The number of hydrogen-bond donors (Lipinski definition) is 2. The highest BCUT2D eigenvalue weighted by Crippen LogP contribution is 2.14. The zero-order valence-electron chi connectivity index (χ0n) is 11.7. The molecule has 0 aliphatic heterocycles. The minimum atomic E-state index is -0.699. The maximum Gasteiger partial charge on any atom is 0.170 e. The highest BCUT2D eigenvalue weighted by atomic mass is 32.1. The van der Waals surface area contributed by atoms with Crippen molar-refractivity contribution in [1.29, 1.82) is 0 Å². The Morgan fingerprint density at radius 2 is 1.64 bits per heavy atom. The molecule has 0 radical (unpaired) electrons. The Kier molecular flexibility index (Phi) is 5.77. The van der Waals surface area contributed by atoms with Gasteiger partial charge in [-0.25, -0.2) is 13.2 Å². The Morgan fingerprint density at radius 1 is 0.955 bits per heavy atom. The number of halogens is 3. The van der Waals surface area contributed by atoms with Crippen LogP contribution in [0.15, 0.2) is 42.5 Å². The average molecular weight is 324 g/mol. The first kappa shape index (κ1) is 16.3. The minimum absolute atomic E-state index is 0.123. The van der Waals surface area contributed by atoms with Crippen molar-refractivity contribution in [3.8, 4) is 0 Å². The molecule has 0 aromatic heterocycles. The summed E-state index contributed by atoms with van der Waals surface area (Å²) in [5.74, 6) is -1.59. The second-order valence-electron chi connectivity index (χ2n) is 4.74. The van der Waals surface area contributed by atoms with Crippen molar-refractivity contribution in [1.82, 2.24) is 5.32 Å². The summed E-state index contributed by atoms with van der Waals surface area (Å²) in [5, 5.41) is 5.88. The quantitative estimate of drug-likeness (QED) is 0.641. The summed E-state index contributed by atoms with van der Waals surface area (Å²) in [6.07, 6.45) is 1.57. The van der Waals surface area contributed by atoms with Crippen LogP contribution in [0.1, 0.15) is 12.0 Å². The van der Waals surface area contributed by atoms with E-state index in [1.54, 1.807) is 12.1 Å². The predicted octanol–water partition coefficient (Wildman–Crippen LogP) is 4.02. The molecule has 6 heteroatoms. The van der Waals surface area contributed by atoms with Gasteiger partial charge in [-0.2, -0.15) is 0 Å². The van der Waals surface area contributed by atoms with E-state index >= 15 is 0 Å². The smallest absolute Gasteiger partial charge is 0.170 e. The zero-order chi connectivity index (χ0) is 15.9. The second kappa shape index (κ2) is 7.79. The molecule has 0 amide bonds. The lowest BCUT2D eigenvalue weighted by atomic mass is 10.1. The number of aryl methyl sites for hydroxylation is 1. The topological polar surface area (TPSA) is 24.1 Å². The van der Waals surface area contributed by atoms with Gasteiger partial charge in [0.05, 0.1) is 5.69 Å². The maximum absolute atomic E-state index is 13.4. The van der Waals surface area contributed by atoms with Crippen LogP contribution in [0, 0.1) is 17.5 Å². The standard InChI is InChI=1S/C16H15F3N2S/c17-12-5-3-11(4-6-12)2-1-9-20-16(22)21-15-8-7-13(18)10-14(15)19/h3-8,10H,1-2,9H2,(H2,20,21,22). The van der Waals surface area contributed by atoms with Gasteiger partial charge in [0.2, 0.25) is 0 Å². The highest BCUT2D eigenvalue weighted by Gasteiger charge is 2.05. The summed E-state index contributed by atoms with van der Waals surface area (Å²) in [6.45, 7) is 0.589. The van der Waals surface area contributed by atoms with E-state index in [1.807, 2.05) is 0 Å². The van der Waals surface area contributed by atoms with Crippen LogP contribution in [0.4, 0.5) is 18.9 Å². The monoisotopic (exact) mass is 324 g/mol. The second-order valence-corrected chi connectivity index (χ2v) is 5.14. The van der Waals surface area contributed by atoms with E-state index in [4.69, 9.17) is 12.2 Å². The maximum atomic E-state index is 13.4. The van der Waals surface area contributed by atoms with Crippen molar-refractivity contribution < 1.29 is 13.2 Å². The van der Waals surface area contributed by atoms with Crippen LogP contribution >= 0.6 is 12.2 Å². The SMILES string of the molecule is Fc1ccc(CCCNC(=S)Nc2ccc(F)cc2F)cc1. The van der Waals surface area contributed by atoms with Gasteiger partial charge >= 0.3 is 0 Å². The lowest BCUT2D eigenvalue weighted by Crippen LogP contribution is -2.29. The van der Waals surface area contributed by atoms with Crippen LogP contribution in [0.2, 0.25) is 0 Å². The van der Waals surface area contributed by atoms with E-state index in [-0.39, 0.29) is 16.6 Å². The first-order chi connectivity index (χ1) is 10.5. The van der Waals surface area contributed by atoms with Crippen LogP contribution in [-0.4, -0.2) is 11.7 Å². The van der Waals surface area contributed by atoms with Crippen molar-refractivity contribution >= 4 is 23.0 Å². The third-order valence-corrected chi connectivity index (χ3v) is 3.27. The first-order valence-corrected chi connectivity index (χ1v) is 7.20. The number of rotatable bonds is 5. The molecule has 2 nitrogen and oxygen atoms in total. The number of thiocarbonyl (C=S) groups is 1. The van der Waals surface area contributed by atoms with E-state index in [2.05, 4.69) is 10.6 Å². The lowest BCUT2D eigenvalue weighted by molar-refractivity contribution is 0.586. The normalized spacial score (nSPS) is 10.3. The van der Waals surface area contributed by atoms with Crippen molar-refractivity contribution in [3.63, 3.8) is 0 Å². The molecule has 0 spiro atoms. The van der Waals surface area contributed by atoms with Gasteiger partial charge in [0.1, 0.15) is 17.5 Å². The molecule has 0 aliphatic carbocycles. The van der Waals surface area contributed by atoms with E-state index < -0.39 is 11.6 Å². The molecule has 0 unspecified atom stereocenters. The molecule has 116 valence electrons. The molecule has 2 aromatic rings. The van der Waals surface area contributed by atoms with Gasteiger partial charge < -0.3 is 10.6 Å². The Bertz CT molecular complexity index is 644. The summed E-state index contributed by atoms with van der Waals surface area (Å²) in [7, 11) is 0. The first-order valence-electron chi connectivity index (χ1n) is 6.79. The molecule has 0 heterocycles. The van der Waals surface area contributed by atoms with E-state index in [1.165, 1.54) is 18.2 Å². The highest BCUT2D eigenvalue weighted by molar-refractivity contribution is 7.80. The molecule has 2 aromatic carbocycles. The van der Waals surface area contributed by atoms with Crippen molar-refractivity contribution in [2.75, 3.05) is 11.9 Å². The predicted molar refractivity (Wildman–Crippen MR) is 85.3 cm³/mol. The van der Waals surface area contributed by atoms with Crippen LogP contribution < -0.4 is 10.6 Å².